The summed E-state index contributed by atoms with van der Waals surface area (Å²) in [5.41, 5.74) is 0. The van der Waals surface area contributed by atoms with E-state index >= 15 is 0 Å². The maximum absolute atomic E-state index is 12.3. The fraction of sp³-hybridized carbons (Fsp3) is 0.667. The van der Waals surface area contributed by atoms with E-state index in [0.717, 1.165) is 0 Å². The summed E-state index contributed by atoms with van der Waals surface area (Å²) in [4.78, 5) is 24.1. The van der Waals surface area contributed by atoms with Crippen molar-refractivity contribution in [2.24, 2.45) is 0 Å². The van der Waals surface area contributed by atoms with Crippen LogP contribution in [0.4, 0.5) is 0 Å². The summed E-state index contributed by atoms with van der Waals surface area (Å²) in [6.07, 6.45) is -17.0. The maximum Gasteiger partial charge on any atom is 0.364 e. The highest BCUT2D eigenvalue weighted by Gasteiger charge is 2.57. The zero-order valence-corrected chi connectivity index (χ0v) is 21.8. The molecule has 2 aliphatic heterocycles. The van der Waals surface area contributed by atoms with Gasteiger partial charge in [0.25, 0.3) is 5.79 Å². The molecule has 10 N–H and O–H groups in total. The molecule has 2 heterocycles. The van der Waals surface area contributed by atoms with E-state index in [1.807, 2.05) is 0 Å². The van der Waals surface area contributed by atoms with Crippen LogP contribution in [-0.2, 0) is 23.8 Å². The number of carboxylic acid groups (broad SMARTS) is 1. The Hall–Kier alpha value is -2.68. The summed E-state index contributed by atoms with van der Waals surface area (Å²) in [5.74, 6) is -4.92. The zero-order chi connectivity index (χ0) is 30.5. The molecule has 17 nitrogen and oxygen atoms in total. The van der Waals surface area contributed by atoms with E-state index in [-0.39, 0.29) is 5.75 Å². The molecule has 2 saturated heterocycles. The van der Waals surface area contributed by atoms with Crippen molar-refractivity contribution >= 4 is 11.9 Å². The summed E-state index contributed by atoms with van der Waals surface area (Å²) in [5, 5.41) is 92.8. The van der Waals surface area contributed by atoms with E-state index in [4.69, 9.17) is 28.8 Å². The molecule has 0 aromatic heterocycles. The van der Waals surface area contributed by atoms with Crippen LogP contribution >= 0.6 is 0 Å². The summed E-state index contributed by atoms with van der Waals surface area (Å²) >= 11 is 0. The van der Waals surface area contributed by atoms with Crippen LogP contribution in [0.1, 0.15) is 6.42 Å². The van der Waals surface area contributed by atoms with E-state index in [2.05, 4.69) is 5.32 Å². The minimum atomic E-state index is -2.77. The predicted octanol–water partition coefficient (Wildman–Crippen LogP) is -4.98. The Morgan fingerprint density at radius 3 is 2.24 bits per heavy atom. The van der Waals surface area contributed by atoms with Gasteiger partial charge in [0.1, 0.15) is 60.8 Å². The SMILES string of the molecule is COc1ccc(OC2OC(COC3(C(=O)O)CC(O)C(NC(=O)CO)C(C(O)C(O)CO)O3)C(O)C(O)C2O)cc1. The number of aliphatic hydroxyl groups excluding tert-OH is 8. The lowest BCUT2D eigenvalue weighted by Crippen LogP contribution is -2.68. The lowest BCUT2D eigenvalue weighted by molar-refractivity contribution is -0.332. The molecule has 0 radical (unpaired) electrons. The number of ether oxygens (including phenoxy) is 5. The Bertz CT molecular complexity index is 1010. The van der Waals surface area contributed by atoms with Gasteiger partial charge in [-0.05, 0) is 24.3 Å². The van der Waals surface area contributed by atoms with Gasteiger partial charge < -0.3 is 75.0 Å². The van der Waals surface area contributed by atoms with Crippen molar-refractivity contribution in [3.8, 4) is 11.5 Å². The third kappa shape index (κ3) is 7.40. The zero-order valence-electron chi connectivity index (χ0n) is 21.8. The van der Waals surface area contributed by atoms with Crippen molar-refractivity contribution in [3.05, 3.63) is 24.3 Å². The van der Waals surface area contributed by atoms with E-state index in [9.17, 15) is 50.4 Å². The molecule has 2 fully saturated rings. The smallest absolute Gasteiger partial charge is 0.364 e. The van der Waals surface area contributed by atoms with Gasteiger partial charge in [0.2, 0.25) is 12.2 Å². The molecular weight excluding hydrogens is 558 g/mol. The Morgan fingerprint density at radius 1 is 1.05 bits per heavy atom. The number of aliphatic hydroxyl groups is 8. The van der Waals surface area contributed by atoms with Crippen LogP contribution in [0.2, 0.25) is 0 Å². The first-order chi connectivity index (χ1) is 19.4. The Labute approximate surface area is 233 Å². The minimum absolute atomic E-state index is 0.189. The van der Waals surface area contributed by atoms with Crippen molar-refractivity contribution in [2.45, 2.75) is 73.4 Å². The third-order valence-electron chi connectivity index (χ3n) is 6.75. The summed E-state index contributed by atoms with van der Waals surface area (Å²) in [6.45, 7) is -2.86. The second-order valence-electron chi connectivity index (χ2n) is 9.52. The summed E-state index contributed by atoms with van der Waals surface area (Å²) in [7, 11) is 1.45. The van der Waals surface area contributed by atoms with Gasteiger partial charge >= 0.3 is 5.97 Å². The Balaban J connectivity index is 1.81. The van der Waals surface area contributed by atoms with E-state index in [0.29, 0.717) is 5.75 Å². The van der Waals surface area contributed by atoms with Crippen molar-refractivity contribution in [2.75, 3.05) is 26.9 Å². The van der Waals surface area contributed by atoms with Gasteiger partial charge in [0.15, 0.2) is 0 Å². The lowest BCUT2D eigenvalue weighted by Gasteiger charge is -2.47. The van der Waals surface area contributed by atoms with Gasteiger partial charge in [0.05, 0.1) is 32.5 Å². The van der Waals surface area contributed by atoms with Gasteiger partial charge in [-0.3, -0.25) is 4.79 Å². The van der Waals surface area contributed by atoms with Crippen molar-refractivity contribution in [1.29, 1.82) is 0 Å². The second kappa shape index (κ2) is 14.0. The molecule has 1 aromatic carbocycles. The second-order valence-corrected chi connectivity index (χ2v) is 9.52. The average Bonchev–Trinajstić information content (AvgIpc) is 2.97. The molecule has 0 bridgehead atoms. The van der Waals surface area contributed by atoms with Gasteiger partial charge in [-0.2, -0.15) is 0 Å². The van der Waals surface area contributed by atoms with Crippen LogP contribution in [0.25, 0.3) is 0 Å². The van der Waals surface area contributed by atoms with Crippen LogP contribution in [0.3, 0.4) is 0 Å². The number of nitrogens with one attached hydrogen (secondary N) is 1. The third-order valence-corrected chi connectivity index (χ3v) is 6.75. The Morgan fingerprint density at radius 2 is 1.68 bits per heavy atom. The van der Waals surface area contributed by atoms with Crippen LogP contribution in [0.15, 0.2) is 24.3 Å². The first kappa shape index (κ1) is 32.8. The molecule has 1 amide bonds. The number of rotatable bonds is 12. The van der Waals surface area contributed by atoms with Crippen molar-refractivity contribution < 1.29 is 79.2 Å². The molecule has 2 aliphatic rings. The number of aliphatic carboxylic acids is 1. The molecule has 11 atom stereocenters. The lowest BCUT2D eigenvalue weighted by atomic mass is 9.88. The number of carboxylic acids is 1. The first-order valence-corrected chi connectivity index (χ1v) is 12.5. The quantitative estimate of drug-likeness (QED) is 0.109. The van der Waals surface area contributed by atoms with E-state index in [1.165, 1.54) is 19.2 Å². The van der Waals surface area contributed by atoms with Crippen LogP contribution < -0.4 is 14.8 Å². The maximum atomic E-state index is 12.3. The highest BCUT2D eigenvalue weighted by atomic mass is 16.7. The monoisotopic (exact) mass is 593 g/mol. The fourth-order valence-electron chi connectivity index (χ4n) is 4.43. The number of hydrogen-bond acceptors (Lipinski definition) is 15. The van der Waals surface area contributed by atoms with Gasteiger partial charge in [0, 0.05) is 6.42 Å². The molecule has 0 saturated carbocycles. The van der Waals surface area contributed by atoms with Crippen LogP contribution in [0, 0.1) is 0 Å². The van der Waals surface area contributed by atoms with Crippen molar-refractivity contribution in [3.63, 3.8) is 0 Å². The summed E-state index contributed by atoms with van der Waals surface area (Å²) < 4.78 is 27.1. The van der Waals surface area contributed by atoms with Gasteiger partial charge in [-0.15, -0.1) is 0 Å². The van der Waals surface area contributed by atoms with Crippen LogP contribution in [0.5, 0.6) is 11.5 Å². The molecule has 1 aromatic rings. The predicted molar refractivity (Wildman–Crippen MR) is 130 cm³/mol. The molecule has 3 rings (SSSR count). The molecule has 232 valence electrons. The first-order valence-electron chi connectivity index (χ1n) is 12.5. The molecule has 11 unspecified atom stereocenters. The number of benzene rings is 1. The number of carbonyl (C=O) groups is 2. The molecular formula is C24H35NO16. The number of hydrogen-bond donors (Lipinski definition) is 10. The standard InChI is InChI=1S/C24H35NO16/c1-37-10-2-4-11(5-3-10)39-22-20(34)19(33)18(32)14(40-22)9-38-24(23(35)36)6-12(28)16(25-15(30)8-27)21(41-24)17(31)13(29)7-26/h2-5,12-14,16-22,26-29,31-34H,6-9H2,1H3,(H,25,30)(H,35,36). The largest absolute Gasteiger partial charge is 0.497 e. The normalized spacial score (nSPS) is 35.2. The molecule has 0 spiro atoms. The number of carbonyl (C=O) groups excluding carboxylic acids is 1. The molecule has 17 heteroatoms. The van der Waals surface area contributed by atoms with Gasteiger partial charge in [-0.25, -0.2) is 4.79 Å². The fourth-order valence-corrected chi connectivity index (χ4v) is 4.43. The highest BCUT2D eigenvalue weighted by molar-refractivity contribution is 5.78. The van der Waals surface area contributed by atoms with Crippen LogP contribution in [-0.4, -0.2) is 152 Å². The number of amides is 1. The van der Waals surface area contributed by atoms with Gasteiger partial charge in [-0.1, -0.05) is 0 Å². The minimum Gasteiger partial charge on any atom is -0.497 e. The topological polar surface area (TPSA) is 274 Å². The van der Waals surface area contributed by atoms with E-state index in [1.54, 1.807) is 12.1 Å². The van der Waals surface area contributed by atoms with E-state index < -0.39 is 105 Å². The highest BCUT2D eigenvalue weighted by Crippen LogP contribution is 2.35. The number of methoxy groups -OCH3 is 1. The molecule has 0 aliphatic carbocycles. The Kier molecular flexibility index (Phi) is 11.2. The molecule has 41 heavy (non-hydrogen) atoms. The average molecular weight is 594 g/mol. The van der Waals surface area contributed by atoms with Crippen molar-refractivity contribution in [1.82, 2.24) is 5.32 Å². The summed E-state index contributed by atoms with van der Waals surface area (Å²) in [6, 6.07) is 4.50.